The Hall–Kier alpha value is -2.07. The largest absolute Gasteiger partial charge is 0.494 e. The van der Waals surface area contributed by atoms with Gasteiger partial charge < -0.3 is 15.0 Å². The molecule has 4 heteroatoms. The van der Waals surface area contributed by atoms with Crippen LogP contribution in [0.25, 0.3) is 0 Å². The van der Waals surface area contributed by atoms with Crippen LogP contribution >= 0.6 is 0 Å². The summed E-state index contributed by atoms with van der Waals surface area (Å²) >= 11 is 0. The standard InChI is InChI=1S/C18H24N2O2/c1-4-22-15-9-7-14(8-10-15)17(19)16-6-5-11-20(18(16)21)12-13(2)3/h5-11,13,17H,4,12,19H2,1-3H3. The first-order valence-electron chi connectivity index (χ1n) is 7.70. The van der Waals surface area contributed by atoms with Gasteiger partial charge in [-0.2, -0.15) is 0 Å². The lowest BCUT2D eigenvalue weighted by molar-refractivity contribution is 0.340. The summed E-state index contributed by atoms with van der Waals surface area (Å²) in [6, 6.07) is 10.8. The van der Waals surface area contributed by atoms with Crippen LogP contribution in [0.1, 0.15) is 37.9 Å². The Morgan fingerprint density at radius 3 is 2.45 bits per heavy atom. The average Bonchev–Trinajstić information content (AvgIpc) is 2.49. The predicted molar refractivity (Wildman–Crippen MR) is 89.2 cm³/mol. The molecule has 2 aromatic rings. The van der Waals surface area contributed by atoms with Gasteiger partial charge in [-0.15, -0.1) is 0 Å². The summed E-state index contributed by atoms with van der Waals surface area (Å²) in [6.45, 7) is 7.45. The summed E-state index contributed by atoms with van der Waals surface area (Å²) in [4.78, 5) is 12.5. The molecule has 1 unspecified atom stereocenters. The zero-order valence-electron chi connectivity index (χ0n) is 13.5. The molecule has 0 saturated carbocycles. The van der Waals surface area contributed by atoms with E-state index in [9.17, 15) is 4.79 Å². The number of rotatable bonds is 6. The number of nitrogens with zero attached hydrogens (tertiary/aromatic N) is 1. The molecule has 2 N–H and O–H groups in total. The molecule has 0 spiro atoms. The number of aromatic nitrogens is 1. The van der Waals surface area contributed by atoms with Gasteiger partial charge in [-0.1, -0.05) is 32.0 Å². The van der Waals surface area contributed by atoms with Crippen molar-refractivity contribution in [1.82, 2.24) is 4.57 Å². The van der Waals surface area contributed by atoms with Gasteiger partial charge in [-0.25, -0.2) is 0 Å². The molecule has 22 heavy (non-hydrogen) atoms. The molecule has 1 atom stereocenters. The first-order valence-corrected chi connectivity index (χ1v) is 7.70. The third kappa shape index (κ3) is 3.77. The first kappa shape index (κ1) is 16.3. The summed E-state index contributed by atoms with van der Waals surface area (Å²) in [5.74, 6) is 1.22. The third-order valence-electron chi connectivity index (χ3n) is 3.50. The molecule has 1 heterocycles. The molecule has 0 aliphatic rings. The monoisotopic (exact) mass is 300 g/mol. The van der Waals surface area contributed by atoms with Gasteiger partial charge in [-0.3, -0.25) is 4.79 Å². The van der Waals surface area contributed by atoms with Crippen molar-refractivity contribution in [1.29, 1.82) is 0 Å². The van der Waals surface area contributed by atoms with Gasteiger partial charge in [-0.05, 0) is 36.6 Å². The zero-order chi connectivity index (χ0) is 16.1. The molecule has 0 saturated heterocycles. The Bertz CT molecular complexity index is 660. The first-order chi connectivity index (χ1) is 10.5. The molecule has 1 aromatic carbocycles. The molecule has 0 aliphatic heterocycles. The Balaban J connectivity index is 2.29. The van der Waals surface area contributed by atoms with Crippen LogP contribution in [0.15, 0.2) is 47.4 Å². The molecule has 118 valence electrons. The number of benzene rings is 1. The molecular formula is C18H24N2O2. The molecule has 4 nitrogen and oxygen atoms in total. The molecule has 0 bridgehead atoms. The maximum Gasteiger partial charge on any atom is 0.255 e. The van der Waals surface area contributed by atoms with Gasteiger partial charge >= 0.3 is 0 Å². The fourth-order valence-electron chi connectivity index (χ4n) is 2.45. The average molecular weight is 300 g/mol. The van der Waals surface area contributed by atoms with E-state index in [1.54, 1.807) is 10.6 Å². The Morgan fingerprint density at radius 1 is 1.18 bits per heavy atom. The van der Waals surface area contributed by atoms with E-state index in [4.69, 9.17) is 10.5 Å². The van der Waals surface area contributed by atoms with Gasteiger partial charge in [0.15, 0.2) is 0 Å². The van der Waals surface area contributed by atoms with Crippen LogP contribution in [0.3, 0.4) is 0 Å². The summed E-state index contributed by atoms with van der Waals surface area (Å²) in [7, 11) is 0. The van der Waals surface area contributed by atoms with Crippen LogP contribution in [-0.4, -0.2) is 11.2 Å². The van der Waals surface area contributed by atoms with E-state index in [-0.39, 0.29) is 5.56 Å². The summed E-state index contributed by atoms with van der Waals surface area (Å²) in [5, 5.41) is 0. The van der Waals surface area contributed by atoms with Crippen molar-refractivity contribution in [3.05, 3.63) is 64.1 Å². The maximum absolute atomic E-state index is 12.5. The van der Waals surface area contributed by atoms with Crippen molar-refractivity contribution < 1.29 is 4.74 Å². The molecule has 1 aromatic heterocycles. The Kier molecular flexibility index (Phi) is 5.39. The van der Waals surface area contributed by atoms with Gasteiger partial charge in [0.25, 0.3) is 5.56 Å². The SMILES string of the molecule is CCOc1ccc(C(N)c2cccn(CC(C)C)c2=O)cc1. The fourth-order valence-corrected chi connectivity index (χ4v) is 2.45. The Labute approximate surface area is 131 Å². The van der Waals surface area contributed by atoms with Crippen LogP contribution in [0.4, 0.5) is 0 Å². The van der Waals surface area contributed by atoms with Crippen LogP contribution in [0.2, 0.25) is 0 Å². The Morgan fingerprint density at radius 2 is 1.86 bits per heavy atom. The van der Waals surface area contributed by atoms with E-state index in [1.807, 2.05) is 43.5 Å². The highest BCUT2D eigenvalue weighted by atomic mass is 16.5. The minimum atomic E-state index is -0.428. The van der Waals surface area contributed by atoms with Crippen LogP contribution < -0.4 is 16.0 Å². The van der Waals surface area contributed by atoms with Crippen LogP contribution in [0, 0.1) is 5.92 Å². The number of ether oxygens (including phenoxy) is 1. The lowest BCUT2D eigenvalue weighted by Gasteiger charge is -2.15. The second-order valence-electron chi connectivity index (χ2n) is 5.79. The molecular weight excluding hydrogens is 276 g/mol. The van der Waals surface area contributed by atoms with Crippen LogP contribution in [-0.2, 0) is 6.54 Å². The highest BCUT2D eigenvalue weighted by molar-refractivity contribution is 5.34. The summed E-state index contributed by atoms with van der Waals surface area (Å²) in [5.41, 5.74) is 7.79. The lowest BCUT2D eigenvalue weighted by atomic mass is 10.0. The highest BCUT2D eigenvalue weighted by Crippen LogP contribution is 2.20. The normalized spacial score (nSPS) is 12.4. The minimum absolute atomic E-state index is 0.0161. The van der Waals surface area contributed by atoms with E-state index in [1.165, 1.54) is 0 Å². The van der Waals surface area contributed by atoms with Crippen molar-refractivity contribution in [3.63, 3.8) is 0 Å². The number of nitrogens with two attached hydrogens (primary N) is 1. The molecule has 0 aliphatic carbocycles. The van der Waals surface area contributed by atoms with E-state index < -0.39 is 6.04 Å². The number of pyridine rings is 1. The van der Waals surface area contributed by atoms with Gasteiger partial charge in [0.2, 0.25) is 0 Å². The fraction of sp³-hybridized carbons (Fsp3) is 0.389. The van der Waals surface area contributed by atoms with E-state index in [0.717, 1.165) is 11.3 Å². The molecule has 2 rings (SSSR count). The smallest absolute Gasteiger partial charge is 0.255 e. The second kappa shape index (κ2) is 7.27. The molecule has 0 fully saturated rings. The van der Waals surface area contributed by atoms with E-state index >= 15 is 0 Å². The highest BCUT2D eigenvalue weighted by Gasteiger charge is 2.14. The number of hydrogen-bond donors (Lipinski definition) is 1. The van der Waals surface area contributed by atoms with Gasteiger partial charge in [0, 0.05) is 18.3 Å². The van der Waals surface area contributed by atoms with Crippen molar-refractivity contribution in [3.8, 4) is 5.75 Å². The van der Waals surface area contributed by atoms with Gasteiger partial charge in [0.05, 0.1) is 12.6 Å². The minimum Gasteiger partial charge on any atom is -0.494 e. The van der Waals surface area contributed by atoms with Crippen molar-refractivity contribution in [2.24, 2.45) is 11.7 Å². The predicted octanol–water partition coefficient (Wildman–Crippen LogP) is 2.95. The molecule has 0 amide bonds. The topological polar surface area (TPSA) is 57.2 Å². The van der Waals surface area contributed by atoms with Gasteiger partial charge in [0.1, 0.15) is 5.75 Å². The quantitative estimate of drug-likeness (QED) is 0.892. The van der Waals surface area contributed by atoms with Crippen LogP contribution in [0.5, 0.6) is 5.75 Å². The number of hydrogen-bond acceptors (Lipinski definition) is 3. The maximum atomic E-state index is 12.5. The van der Waals surface area contributed by atoms with Crippen molar-refractivity contribution in [2.45, 2.75) is 33.4 Å². The lowest BCUT2D eigenvalue weighted by Crippen LogP contribution is -2.29. The third-order valence-corrected chi connectivity index (χ3v) is 3.50. The van der Waals surface area contributed by atoms with E-state index in [0.29, 0.717) is 24.6 Å². The van der Waals surface area contributed by atoms with Crippen molar-refractivity contribution >= 4 is 0 Å². The summed E-state index contributed by atoms with van der Waals surface area (Å²) in [6.07, 6.45) is 1.82. The zero-order valence-corrected chi connectivity index (χ0v) is 13.5. The van der Waals surface area contributed by atoms with Crippen molar-refractivity contribution in [2.75, 3.05) is 6.61 Å². The molecule has 0 radical (unpaired) electrons. The second-order valence-corrected chi connectivity index (χ2v) is 5.79. The van der Waals surface area contributed by atoms with E-state index in [2.05, 4.69) is 13.8 Å². The summed E-state index contributed by atoms with van der Waals surface area (Å²) < 4.78 is 7.16.